The summed E-state index contributed by atoms with van der Waals surface area (Å²) in [6.07, 6.45) is 0.585. The fraction of sp³-hybridized carbons (Fsp3) is 0.455. The van der Waals surface area contributed by atoms with Gasteiger partial charge < -0.3 is 21.7 Å². The number of urea groups is 1. The van der Waals surface area contributed by atoms with E-state index >= 15 is 0 Å². The number of thiophene rings is 1. The minimum atomic E-state index is -0.548. The number of hydrogen-bond acceptors (Lipinski definition) is 4. The molecule has 1 fully saturated rings. The third-order valence-corrected chi connectivity index (χ3v) is 3.98. The van der Waals surface area contributed by atoms with E-state index in [0.717, 1.165) is 4.88 Å². The van der Waals surface area contributed by atoms with Crippen LogP contribution in [0, 0.1) is 0 Å². The first-order valence-electron chi connectivity index (χ1n) is 5.70. The van der Waals surface area contributed by atoms with E-state index < -0.39 is 18.0 Å². The highest BCUT2D eigenvalue weighted by Crippen LogP contribution is 2.18. The van der Waals surface area contributed by atoms with E-state index in [1.165, 1.54) is 4.90 Å². The van der Waals surface area contributed by atoms with Crippen molar-refractivity contribution in [3.63, 3.8) is 0 Å². The number of rotatable bonds is 3. The predicted octanol–water partition coefficient (Wildman–Crippen LogP) is -0.503. The van der Waals surface area contributed by atoms with Crippen LogP contribution in [0.25, 0.3) is 0 Å². The Labute approximate surface area is 109 Å². The lowest BCUT2D eigenvalue weighted by Gasteiger charge is -2.39. The quantitative estimate of drug-likeness (QED) is 0.688. The van der Waals surface area contributed by atoms with Crippen LogP contribution in [0.3, 0.4) is 0 Å². The summed E-state index contributed by atoms with van der Waals surface area (Å²) in [5.41, 5.74) is 10.7. The second-order valence-electron chi connectivity index (χ2n) is 4.22. The number of nitrogens with one attached hydrogen (secondary N) is 1. The van der Waals surface area contributed by atoms with Crippen LogP contribution in [0.1, 0.15) is 4.88 Å². The van der Waals surface area contributed by atoms with E-state index in [1.807, 2.05) is 17.5 Å². The maximum atomic E-state index is 11.4. The van der Waals surface area contributed by atoms with Gasteiger partial charge in [-0.05, 0) is 11.4 Å². The molecule has 3 amide bonds. The molecule has 7 heteroatoms. The maximum absolute atomic E-state index is 11.4. The van der Waals surface area contributed by atoms with E-state index in [0.29, 0.717) is 19.5 Å². The van der Waals surface area contributed by atoms with Crippen molar-refractivity contribution >= 4 is 23.3 Å². The zero-order valence-electron chi connectivity index (χ0n) is 9.83. The first-order valence-corrected chi connectivity index (χ1v) is 6.58. The molecule has 18 heavy (non-hydrogen) atoms. The summed E-state index contributed by atoms with van der Waals surface area (Å²) in [5.74, 6) is -0.456. The van der Waals surface area contributed by atoms with Crippen LogP contribution >= 0.6 is 11.3 Å². The molecule has 1 saturated heterocycles. The van der Waals surface area contributed by atoms with Crippen molar-refractivity contribution < 1.29 is 9.59 Å². The van der Waals surface area contributed by atoms with Gasteiger partial charge in [0.2, 0.25) is 5.91 Å². The van der Waals surface area contributed by atoms with Crippen LogP contribution in [0.4, 0.5) is 4.79 Å². The average molecular weight is 268 g/mol. The highest BCUT2D eigenvalue weighted by molar-refractivity contribution is 7.09. The lowest BCUT2D eigenvalue weighted by molar-refractivity contribution is -0.122. The van der Waals surface area contributed by atoms with Crippen LogP contribution in [-0.2, 0) is 11.2 Å². The number of primary amides is 2. The minimum Gasteiger partial charge on any atom is -0.368 e. The Morgan fingerprint density at radius 1 is 1.50 bits per heavy atom. The van der Waals surface area contributed by atoms with Gasteiger partial charge in [-0.2, -0.15) is 0 Å². The van der Waals surface area contributed by atoms with Gasteiger partial charge in [0.1, 0.15) is 6.04 Å². The van der Waals surface area contributed by atoms with E-state index in [2.05, 4.69) is 5.32 Å². The minimum absolute atomic E-state index is 0.313. The number of nitrogens with two attached hydrogens (primary N) is 2. The molecule has 2 unspecified atom stereocenters. The summed E-state index contributed by atoms with van der Waals surface area (Å²) in [6, 6.07) is 2.53. The fourth-order valence-electron chi connectivity index (χ4n) is 2.25. The zero-order valence-corrected chi connectivity index (χ0v) is 10.7. The van der Waals surface area contributed by atoms with Crippen LogP contribution in [0.5, 0.6) is 0 Å². The van der Waals surface area contributed by atoms with E-state index in [9.17, 15) is 9.59 Å². The average Bonchev–Trinajstić information content (AvgIpc) is 2.81. The van der Waals surface area contributed by atoms with Gasteiger partial charge in [-0.3, -0.25) is 4.79 Å². The molecule has 1 aliphatic rings. The summed E-state index contributed by atoms with van der Waals surface area (Å²) < 4.78 is 0. The molecule has 0 bridgehead atoms. The van der Waals surface area contributed by atoms with E-state index in [-0.39, 0.29) is 6.04 Å². The Kier molecular flexibility index (Phi) is 3.83. The van der Waals surface area contributed by atoms with Gasteiger partial charge in [0.15, 0.2) is 0 Å². The molecule has 2 heterocycles. The smallest absolute Gasteiger partial charge is 0.315 e. The molecule has 0 aliphatic carbocycles. The number of hydrogen-bond donors (Lipinski definition) is 3. The molecule has 6 nitrogen and oxygen atoms in total. The molecule has 5 N–H and O–H groups in total. The van der Waals surface area contributed by atoms with Crippen LogP contribution in [0.2, 0.25) is 0 Å². The molecule has 2 rings (SSSR count). The van der Waals surface area contributed by atoms with Crippen LogP contribution in [-0.4, -0.2) is 42.0 Å². The summed E-state index contributed by atoms with van der Waals surface area (Å²) >= 11 is 1.59. The molecule has 0 radical (unpaired) electrons. The van der Waals surface area contributed by atoms with Gasteiger partial charge in [-0.25, -0.2) is 4.79 Å². The molecule has 0 saturated carbocycles. The molecule has 2 atom stereocenters. The topological polar surface area (TPSA) is 101 Å². The molecule has 0 spiro atoms. The molecule has 1 aromatic heterocycles. The van der Waals surface area contributed by atoms with Crippen molar-refractivity contribution in [2.45, 2.75) is 18.5 Å². The zero-order chi connectivity index (χ0) is 13.1. The second-order valence-corrected chi connectivity index (χ2v) is 5.25. The van der Waals surface area contributed by atoms with Gasteiger partial charge in [0.25, 0.3) is 0 Å². The second kappa shape index (κ2) is 5.36. The Morgan fingerprint density at radius 3 is 2.83 bits per heavy atom. The first kappa shape index (κ1) is 12.8. The summed E-state index contributed by atoms with van der Waals surface area (Å²) in [6.45, 7) is 1.02. The summed E-state index contributed by atoms with van der Waals surface area (Å²) in [4.78, 5) is 25.5. The number of carbonyl (C=O) groups excluding carboxylic acids is 2. The Balaban J connectivity index is 2.20. The van der Waals surface area contributed by atoms with Crippen molar-refractivity contribution in [3.8, 4) is 0 Å². The molecule has 1 aromatic rings. The van der Waals surface area contributed by atoms with Gasteiger partial charge >= 0.3 is 6.03 Å². The standard InChI is InChI=1S/C11H16N4O2S/c12-10(16)9-8(6-7-2-1-5-18-7)15(11(13)17)4-3-14-9/h1-2,5,8-9,14H,3-4,6H2,(H2,12,16)(H2,13,17). The van der Waals surface area contributed by atoms with E-state index in [4.69, 9.17) is 11.5 Å². The highest BCUT2D eigenvalue weighted by atomic mass is 32.1. The molecule has 1 aliphatic heterocycles. The molecular weight excluding hydrogens is 252 g/mol. The van der Waals surface area contributed by atoms with Crippen molar-refractivity contribution in [1.82, 2.24) is 10.2 Å². The van der Waals surface area contributed by atoms with Gasteiger partial charge in [0, 0.05) is 24.4 Å². The maximum Gasteiger partial charge on any atom is 0.315 e. The third-order valence-electron chi connectivity index (χ3n) is 3.08. The Hall–Kier alpha value is -1.60. The van der Waals surface area contributed by atoms with Crippen molar-refractivity contribution in [2.75, 3.05) is 13.1 Å². The van der Waals surface area contributed by atoms with Gasteiger partial charge in [-0.15, -0.1) is 11.3 Å². The van der Waals surface area contributed by atoms with Crippen LogP contribution in [0.15, 0.2) is 17.5 Å². The largest absolute Gasteiger partial charge is 0.368 e. The number of piperazine rings is 1. The first-order chi connectivity index (χ1) is 8.59. The Morgan fingerprint density at radius 2 is 2.28 bits per heavy atom. The fourth-order valence-corrected chi connectivity index (χ4v) is 3.01. The predicted molar refractivity (Wildman–Crippen MR) is 69.1 cm³/mol. The third kappa shape index (κ3) is 2.62. The van der Waals surface area contributed by atoms with Crippen molar-refractivity contribution in [3.05, 3.63) is 22.4 Å². The van der Waals surface area contributed by atoms with Crippen molar-refractivity contribution in [2.24, 2.45) is 11.5 Å². The Bertz CT molecular complexity index is 412. The molecule has 0 aromatic carbocycles. The van der Waals surface area contributed by atoms with Gasteiger partial charge in [-0.1, -0.05) is 6.07 Å². The molecule has 98 valence electrons. The number of carbonyl (C=O) groups is 2. The lowest BCUT2D eigenvalue weighted by Crippen LogP contribution is -2.65. The van der Waals surface area contributed by atoms with Crippen LogP contribution < -0.4 is 16.8 Å². The van der Waals surface area contributed by atoms with Crippen molar-refractivity contribution in [1.29, 1.82) is 0 Å². The lowest BCUT2D eigenvalue weighted by atomic mass is 9.99. The van der Waals surface area contributed by atoms with E-state index in [1.54, 1.807) is 11.3 Å². The summed E-state index contributed by atoms with van der Waals surface area (Å²) in [5, 5.41) is 5.00. The SMILES string of the molecule is NC(=O)C1NCCN(C(N)=O)C1Cc1cccs1. The summed E-state index contributed by atoms with van der Waals surface area (Å²) in [7, 11) is 0. The molecular formula is C11H16N4O2S. The number of nitrogens with zero attached hydrogens (tertiary/aromatic N) is 1. The van der Waals surface area contributed by atoms with Gasteiger partial charge in [0.05, 0.1) is 6.04 Å². The monoisotopic (exact) mass is 268 g/mol. The number of amides is 3. The highest BCUT2D eigenvalue weighted by Gasteiger charge is 2.36. The normalized spacial score (nSPS) is 23.9.